The van der Waals surface area contributed by atoms with Crippen LogP contribution in [-0.4, -0.2) is 0 Å². The zero-order valence-corrected chi connectivity index (χ0v) is 31.3. The smallest absolute Gasteiger partial charge is 0.0994 e. The van der Waals surface area contributed by atoms with Crippen LogP contribution >= 0.6 is 0 Å². The Morgan fingerprint density at radius 3 is 1.56 bits per heavy atom. The van der Waals surface area contributed by atoms with Gasteiger partial charge in [0, 0.05) is 0 Å². The summed E-state index contributed by atoms with van der Waals surface area (Å²) in [6.45, 7) is 2.05. The van der Waals surface area contributed by atoms with Crippen LogP contribution in [0.5, 0.6) is 0 Å². The molecule has 0 N–H and O–H groups in total. The molecule has 0 unspecified atom stereocenters. The van der Waals surface area contributed by atoms with E-state index in [2.05, 4.69) is 176 Å². The first-order valence-electron chi connectivity index (χ1n) is 19.7. The van der Waals surface area contributed by atoms with Crippen LogP contribution in [0.1, 0.15) is 11.1 Å². The molecule has 0 heterocycles. The van der Waals surface area contributed by atoms with Gasteiger partial charge in [0.2, 0.25) is 0 Å². The van der Waals surface area contributed by atoms with Gasteiger partial charge in [-0.1, -0.05) is 164 Å². The molecule has 0 spiro atoms. The first kappa shape index (κ1) is 31.8. The second kappa shape index (κ2) is 12.0. The monoisotopic (exact) mass is 719 g/mol. The van der Waals surface area contributed by atoms with Crippen molar-refractivity contribution in [2.45, 2.75) is 6.92 Å². The number of benzene rings is 10. The molecular weight excluding hydrogens is 687 g/mol. The van der Waals surface area contributed by atoms with Crippen LogP contribution in [0.2, 0.25) is 0 Å². The molecular formula is C56H33N. The van der Waals surface area contributed by atoms with Crippen LogP contribution in [0.3, 0.4) is 0 Å². The number of hydrogen-bond acceptors (Lipinski definition) is 1. The summed E-state index contributed by atoms with van der Waals surface area (Å²) < 4.78 is 0. The van der Waals surface area contributed by atoms with Gasteiger partial charge >= 0.3 is 0 Å². The van der Waals surface area contributed by atoms with E-state index in [-0.39, 0.29) is 0 Å². The fraction of sp³-hybridized carbons (Fsp3) is 0.0179. The van der Waals surface area contributed by atoms with Crippen molar-refractivity contribution >= 4 is 75.4 Å². The van der Waals surface area contributed by atoms with Gasteiger partial charge < -0.3 is 0 Å². The van der Waals surface area contributed by atoms with Crippen molar-refractivity contribution in [1.82, 2.24) is 0 Å². The van der Waals surface area contributed by atoms with Crippen molar-refractivity contribution in [3.05, 3.63) is 193 Å². The molecule has 0 amide bonds. The molecule has 0 radical (unpaired) electrons. The lowest BCUT2D eigenvalue weighted by Crippen LogP contribution is -1.91. The second-order valence-corrected chi connectivity index (χ2v) is 15.4. The van der Waals surface area contributed by atoms with Crippen LogP contribution in [0, 0.1) is 18.3 Å². The van der Waals surface area contributed by atoms with Gasteiger partial charge in [-0.25, -0.2) is 0 Å². The Kier molecular flexibility index (Phi) is 6.68. The second-order valence-electron chi connectivity index (χ2n) is 15.4. The van der Waals surface area contributed by atoms with Crippen LogP contribution in [0.25, 0.3) is 120 Å². The number of hydrogen-bond donors (Lipinski definition) is 0. The standard InChI is InChI=1S/C56H33N/c1-33-38(32-57)20-11-23-39(33)36-18-10-19-37(30-36)40-28-29-47-52-43(40)24-12-27-46(52)55-50(34-14-4-2-5-15-34)49-31-48-42-22-9-8-21-41(42)44-25-13-26-45(53(44)48)54(49)51(56(47)55)35-16-6-3-7-17-35/h2-31H,1H3. The fourth-order valence-corrected chi connectivity index (χ4v) is 10.2. The topological polar surface area (TPSA) is 23.8 Å². The van der Waals surface area contributed by atoms with Gasteiger partial charge in [0.05, 0.1) is 11.6 Å². The third-order valence-corrected chi connectivity index (χ3v) is 12.6. The Morgan fingerprint density at radius 2 is 0.825 bits per heavy atom. The van der Waals surface area contributed by atoms with Crippen molar-refractivity contribution in [2.24, 2.45) is 0 Å². The molecule has 0 fully saturated rings. The fourth-order valence-electron chi connectivity index (χ4n) is 10.2. The quantitative estimate of drug-likeness (QED) is 0.166. The number of fused-ring (bicyclic) bond motifs is 8. The number of nitriles is 1. The van der Waals surface area contributed by atoms with E-state index in [1.54, 1.807) is 0 Å². The van der Waals surface area contributed by atoms with Gasteiger partial charge in [-0.2, -0.15) is 5.26 Å². The Bertz CT molecular complexity index is 3630. The van der Waals surface area contributed by atoms with Gasteiger partial charge in [0.15, 0.2) is 0 Å². The Hall–Kier alpha value is -7.53. The van der Waals surface area contributed by atoms with Crippen LogP contribution in [0.4, 0.5) is 0 Å². The highest BCUT2D eigenvalue weighted by Gasteiger charge is 2.27. The molecule has 1 nitrogen and oxygen atoms in total. The maximum Gasteiger partial charge on any atom is 0.0994 e. The molecule has 0 aliphatic rings. The average molecular weight is 720 g/mol. The molecule has 0 atom stereocenters. The molecule has 1 heteroatoms. The number of rotatable bonds is 4. The van der Waals surface area contributed by atoms with E-state index in [4.69, 9.17) is 0 Å². The molecule has 0 aromatic heterocycles. The molecule has 57 heavy (non-hydrogen) atoms. The molecule has 0 bridgehead atoms. The number of nitrogens with zero attached hydrogens (tertiary/aromatic N) is 1. The van der Waals surface area contributed by atoms with Crippen LogP contribution in [0.15, 0.2) is 182 Å². The molecule has 0 saturated heterocycles. The van der Waals surface area contributed by atoms with E-state index < -0.39 is 0 Å². The summed E-state index contributed by atoms with van der Waals surface area (Å²) in [6, 6.07) is 69.2. The molecule has 0 aliphatic heterocycles. The van der Waals surface area contributed by atoms with Crippen LogP contribution in [-0.2, 0) is 0 Å². The summed E-state index contributed by atoms with van der Waals surface area (Å²) in [7, 11) is 0. The molecule has 12 aromatic carbocycles. The van der Waals surface area contributed by atoms with E-state index >= 15 is 0 Å². The Labute approximate surface area is 330 Å². The van der Waals surface area contributed by atoms with E-state index in [1.165, 1.54) is 103 Å². The van der Waals surface area contributed by atoms with Crippen molar-refractivity contribution < 1.29 is 0 Å². The maximum atomic E-state index is 9.79. The minimum atomic E-state index is 0.711. The minimum Gasteiger partial charge on any atom is -0.192 e. The van der Waals surface area contributed by atoms with E-state index in [0.717, 1.165) is 22.3 Å². The largest absolute Gasteiger partial charge is 0.192 e. The lowest BCUT2D eigenvalue weighted by atomic mass is 9.84. The van der Waals surface area contributed by atoms with Gasteiger partial charge in [-0.15, -0.1) is 0 Å². The Balaban J connectivity index is 1.27. The van der Waals surface area contributed by atoms with Gasteiger partial charge in [-0.05, 0) is 151 Å². The summed E-state index contributed by atoms with van der Waals surface area (Å²) in [5.41, 5.74) is 11.3. The predicted molar refractivity (Wildman–Crippen MR) is 243 cm³/mol. The third kappa shape index (κ3) is 4.39. The molecule has 0 saturated carbocycles. The molecule has 262 valence electrons. The summed E-state index contributed by atoms with van der Waals surface area (Å²) >= 11 is 0. The summed E-state index contributed by atoms with van der Waals surface area (Å²) in [5, 5.41) is 27.9. The lowest BCUT2D eigenvalue weighted by Gasteiger charge is -2.19. The predicted octanol–water partition coefficient (Wildman–Crippen LogP) is 15.5. The van der Waals surface area contributed by atoms with E-state index in [0.29, 0.717) is 5.56 Å². The van der Waals surface area contributed by atoms with Gasteiger partial charge in [0.1, 0.15) is 0 Å². The molecule has 12 aromatic rings. The average Bonchev–Trinajstić information content (AvgIpc) is 3.78. The lowest BCUT2D eigenvalue weighted by molar-refractivity contribution is 1.39. The first-order valence-corrected chi connectivity index (χ1v) is 19.7. The molecule has 0 aliphatic carbocycles. The molecule has 12 rings (SSSR count). The summed E-state index contributed by atoms with van der Waals surface area (Å²) in [5.74, 6) is 0. The third-order valence-electron chi connectivity index (χ3n) is 12.6. The highest BCUT2D eigenvalue weighted by molar-refractivity contribution is 6.45. The first-order chi connectivity index (χ1) is 28.2. The maximum absolute atomic E-state index is 9.79. The van der Waals surface area contributed by atoms with Crippen molar-refractivity contribution in [3.8, 4) is 50.6 Å². The normalized spacial score (nSPS) is 11.9. The summed E-state index contributed by atoms with van der Waals surface area (Å²) in [4.78, 5) is 0. The highest BCUT2D eigenvalue weighted by atomic mass is 14.3. The van der Waals surface area contributed by atoms with Crippen molar-refractivity contribution in [3.63, 3.8) is 0 Å². The van der Waals surface area contributed by atoms with Gasteiger partial charge in [0.25, 0.3) is 0 Å². The van der Waals surface area contributed by atoms with Crippen molar-refractivity contribution in [1.29, 1.82) is 5.26 Å². The zero-order valence-electron chi connectivity index (χ0n) is 31.3. The zero-order chi connectivity index (χ0) is 37.8. The van der Waals surface area contributed by atoms with Crippen molar-refractivity contribution in [2.75, 3.05) is 0 Å². The Morgan fingerprint density at radius 1 is 0.316 bits per heavy atom. The minimum absolute atomic E-state index is 0.711. The summed E-state index contributed by atoms with van der Waals surface area (Å²) in [6.07, 6.45) is 0. The van der Waals surface area contributed by atoms with E-state index in [1.807, 2.05) is 19.1 Å². The van der Waals surface area contributed by atoms with E-state index in [9.17, 15) is 5.26 Å². The highest BCUT2D eigenvalue weighted by Crippen LogP contribution is 2.55. The SMILES string of the molecule is Cc1c(C#N)cccc1-c1cccc(-c2ccc3c4c(-c5ccccc5)c5c(cc6c7ccccc7c7cccc5c76)c(-c5ccccc5)c4c4cccc2c43)c1. The van der Waals surface area contributed by atoms with Gasteiger partial charge in [-0.3, -0.25) is 0 Å². The van der Waals surface area contributed by atoms with Crippen LogP contribution < -0.4 is 0 Å².